The maximum atomic E-state index is 13.2. The van der Waals surface area contributed by atoms with Gasteiger partial charge in [-0.05, 0) is 55.9 Å². The number of carbonyl (C=O) groups is 3. The third-order valence-corrected chi connectivity index (χ3v) is 6.86. The molecule has 1 heterocycles. The molecule has 1 aromatic carbocycles. The van der Waals surface area contributed by atoms with Crippen LogP contribution >= 0.6 is 11.6 Å². The first-order chi connectivity index (χ1) is 17.1. The molecule has 1 aliphatic carbocycles. The van der Waals surface area contributed by atoms with Gasteiger partial charge in [-0.2, -0.15) is 0 Å². The summed E-state index contributed by atoms with van der Waals surface area (Å²) in [5.41, 5.74) is 2.40. The zero-order valence-electron chi connectivity index (χ0n) is 21.2. The standard InChI is InChI=1S/C27H35ClN4O4/c1-4-10-19-13-17(2)22(18(3)14-19)31-26(36)30-21-15-20(28)16-29-23(21)24(33)32-27(25(34)35)11-8-6-5-7-9-12-27/h13-16H,4-12H2,1-3H3,(H,32,33)(H,34,35)(H2,30,31,36). The predicted octanol–water partition coefficient (Wildman–Crippen LogP) is 6.25. The number of carbonyl (C=O) groups excluding carboxylic acids is 2. The summed E-state index contributed by atoms with van der Waals surface area (Å²) < 4.78 is 0. The van der Waals surface area contributed by atoms with Gasteiger partial charge in [0.2, 0.25) is 0 Å². The molecule has 0 radical (unpaired) electrons. The number of anilines is 2. The Morgan fingerprint density at radius 1 is 1.00 bits per heavy atom. The van der Waals surface area contributed by atoms with Crippen molar-refractivity contribution in [2.45, 2.75) is 84.1 Å². The Kier molecular flexibility index (Phi) is 9.31. The van der Waals surface area contributed by atoms with Crippen molar-refractivity contribution in [1.29, 1.82) is 0 Å². The van der Waals surface area contributed by atoms with Gasteiger partial charge in [0.1, 0.15) is 5.54 Å². The Balaban J connectivity index is 1.81. The van der Waals surface area contributed by atoms with Crippen LogP contribution in [0.3, 0.4) is 0 Å². The van der Waals surface area contributed by atoms with Gasteiger partial charge in [-0.15, -0.1) is 0 Å². The summed E-state index contributed by atoms with van der Waals surface area (Å²) in [6, 6.07) is 4.97. The molecule has 1 saturated carbocycles. The van der Waals surface area contributed by atoms with Gasteiger partial charge in [0.15, 0.2) is 5.69 Å². The Labute approximate surface area is 217 Å². The minimum atomic E-state index is -1.37. The molecule has 2 aromatic rings. The van der Waals surface area contributed by atoms with Crippen LogP contribution in [0.25, 0.3) is 0 Å². The predicted molar refractivity (Wildman–Crippen MR) is 142 cm³/mol. The van der Waals surface area contributed by atoms with Crippen molar-refractivity contribution in [3.63, 3.8) is 0 Å². The van der Waals surface area contributed by atoms with Crippen LogP contribution in [0.1, 0.15) is 85.5 Å². The van der Waals surface area contributed by atoms with Gasteiger partial charge in [-0.25, -0.2) is 14.6 Å². The number of halogens is 1. The summed E-state index contributed by atoms with van der Waals surface area (Å²) in [6.45, 7) is 5.98. The second kappa shape index (κ2) is 12.2. The number of carboxylic acids is 1. The van der Waals surface area contributed by atoms with Crippen molar-refractivity contribution in [3.05, 3.63) is 51.8 Å². The highest BCUT2D eigenvalue weighted by molar-refractivity contribution is 6.31. The zero-order chi connectivity index (χ0) is 26.3. The van der Waals surface area contributed by atoms with Crippen LogP contribution in [0.5, 0.6) is 0 Å². The summed E-state index contributed by atoms with van der Waals surface area (Å²) in [7, 11) is 0. The lowest BCUT2D eigenvalue weighted by Gasteiger charge is -2.32. The molecule has 1 aromatic heterocycles. The molecule has 0 unspecified atom stereocenters. The lowest BCUT2D eigenvalue weighted by atomic mass is 9.83. The molecule has 3 amide bonds. The number of hydrogen-bond donors (Lipinski definition) is 4. The Morgan fingerprint density at radius 3 is 2.19 bits per heavy atom. The minimum absolute atomic E-state index is 0.0935. The minimum Gasteiger partial charge on any atom is -0.480 e. The van der Waals surface area contributed by atoms with Crippen molar-refractivity contribution < 1.29 is 19.5 Å². The van der Waals surface area contributed by atoms with Crippen LogP contribution in [0.15, 0.2) is 24.4 Å². The first-order valence-electron chi connectivity index (χ1n) is 12.5. The van der Waals surface area contributed by atoms with E-state index in [0.717, 1.165) is 43.2 Å². The van der Waals surface area contributed by atoms with Crippen LogP contribution in [0.2, 0.25) is 5.02 Å². The van der Waals surface area contributed by atoms with Crippen LogP contribution in [-0.2, 0) is 11.2 Å². The van der Waals surface area contributed by atoms with Crippen molar-refractivity contribution >= 4 is 40.9 Å². The van der Waals surface area contributed by atoms with Gasteiger partial charge in [-0.3, -0.25) is 4.79 Å². The average Bonchev–Trinajstić information content (AvgIpc) is 2.78. The summed E-state index contributed by atoms with van der Waals surface area (Å²) >= 11 is 6.11. The molecule has 3 rings (SSSR count). The molecule has 9 heteroatoms. The van der Waals surface area contributed by atoms with Crippen molar-refractivity contribution in [1.82, 2.24) is 10.3 Å². The van der Waals surface area contributed by atoms with Crippen molar-refractivity contribution in [2.75, 3.05) is 10.6 Å². The van der Waals surface area contributed by atoms with E-state index in [1.165, 1.54) is 17.8 Å². The van der Waals surface area contributed by atoms with E-state index in [9.17, 15) is 19.5 Å². The number of amides is 3. The summed E-state index contributed by atoms with van der Waals surface area (Å²) in [4.78, 5) is 42.5. The summed E-state index contributed by atoms with van der Waals surface area (Å²) in [6.07, 6.45) is 8.31. The number of pyridine rings is 1. The van der Waals surface area contributed by atoms with Crippen LogP contribution in [0.4, 0.5) is 16.2 Å². The number of aliphatic carboxylic acids is 1. The van der Waals surface area contributed by atoms with Crippen LogP contribution < -0.4 is 16.0 Å². The Hall–Kier alpha value is -3.13. The van der Waals surface area contributed by atoms with Gasteiger partial charge in [0.25, 0.3) is 5.91 Å². The van der Waals surface area contributed by atoms with Crippen LogP contribution in [0, 0.1) is 13.8 Å². The van der Waals surface area contributed by atoms with E-state index in [4.69, 9.17) is 11.6 Å². The Bertz CT molecular complexity index is 1100. The average molecular weight is 515 g/mol. The van der Waals surface area contributed by atoms with Gasteiger partial charge < -0.3 is 21.1 Å². The fourth-order valence-corrected chi connectivity index (χ4v) is 5.00. The van der Waals surface area contributed by atoms with E-state index in [1.54, 1.807) is 0 Å². The van der Waals surface area contributed by atoms with E-state index in [2.05, 4.69) is 27.9 Å². The topological polar surface area (TPSA) is 120 Å². The van der Waals surface area contributed by atoms with E-state index in [0.29, 0.717) is 31.4 Å². The van der Waals surface area contributed by atoms with E-state index >= 15 is 0 Å². The molecular weight excluding hydrogens is 480 g/mol. The van der Waals surface area contributed by atoms with Crippen molar-refractivity contribution in [3.8, 4) is 0 Å². The maximum Gasteiger partial charge on any atom is 0.329 e. The first kappa shape index (κ1) is 27.5. The fourth-order valence-electron chi connectivity index (χ4n) is 4.84. The number of aryl methyl sites for hydroxylation is 3. The van der Waals surface area contributed by atoms with Gasteiger partial charge in [0.05, 0.1) is 10.7 Å². The number of benzene rings is 1. The number of aromatic nitrogens is 1. The third-order valence-electron chi connectivity index (χ3n) is 6.66. The first-order valence-corrected chi connectivity index (χ1v) is 12.9. The maximum absolute atomic E-state index is 13.2. The molecule has 36 heavy (non-hydrogen) atoms. The highest BCUT2D eigenvalue weighted by Gasteiger charge is 2.40. The lowest BCUT2D eigenvalue weighted by molar-refractivity contribution is -0.145. The zero-order valence-corrected chi connectivity index (χ0v) is 21.9. The van der Waals surface area contributed by atoms with E-state index in [-0.39, 0.29) is 16.4 Å². The molecule has 0 atom stereocenters. The van der Waals surface area contributed by atoms with E-state index in [1.807, 2.05) is 26.0 Å². The molecule has 0 saturated heterocycles. The highest BCUT2D eigenvalue weighted by atomic mass is 35.5. The SMILES string of the molecule is CCCc1cc(C)c(NC(=O)Nc2cc(Cl)cnc2C(=O)NC2(C(=O)O)CCCCCCC2)c(C)c1. The quantitative estimate of drug-likeness (QED) is 0.348. The fraction of sp³-hybridized carbons (Fsp3) is 0.481. The molecule has 0 aliphatic heterocycles. The molecule has 194 valence electrons. The normalized spacial score (nSPS) is 15.3. The molecule has 4 N–H and O–H groups in total. The number of carboxylic acid groups (broad SMARTS) is 1. The number of urea groups is 1. The molecule has 0 spiro atoms. The Morgan fingerprint density at radius 2 is 1.61 bits per heavy atom. The highest BCUT2D eigenvalue weighted by Crippen LogP contribution is 2.29. The number of nitrogens with one attached hydrogen (secondary N) is 3. The number of rotatable bonds is 7. The number of nitrogens with zero attached hydrogens (tertiary/aromatic N) is 1. The molecule has 1 aliphatic rings. The largest absolute Gasteiger partial charge is 0.480 e. The lowest BCUT2D eigenvalue weighted by Crippen LogP contribution is -2.55. The molecule has 8 nitrogen and oxygen atoms in total. The smallest absolute Gasteiger partial charge is 0.329 e. The molecular formula is C27H35ClN4O4. The monoisotopic (exact) mass is 514 g/mol. The van der Waals surface area contributed by atoms with Crippen LogP contribution in [-0.4, -0.2) is 33.5 Å². The summed E-state index contributed by atoms with van der Waals surface area (Å²) in [5.74, 6) is -1.72. The summed E-state index contributed by atoms with van der Waals surface area (Å²) in [5, 5.41) is 18.5. The van der Waals surface area contributed by atoms with Crippen molar-refractivity contribution in [2.24, 2.45) is 0 Å². The van der Waals surface area contributed by atoms with Gasteiger partial charge in [0, 0.05) is 11.9 Å². The molecule has 1 fully saturated rings. The second-order valence-corrected chi connectivity index (χ2v) is 10.0. The second-order valence-electron chi connectivity index (χ2n) is 9.59. The molecule has 0 bridgehead atoms. The number of hydrogen-bond acceptors (Lipinski definition) is 4. The van der Waals surface area contributed by atoms with Gasteiger partial charge in [-0.1, -0.05) is 69.2 Å². The van der Waals surface area contributed by atoms with E-state index < -0.39 is 23.4 Å². The third kappa shape index (κ3) is 6.75. The van der Waals surface area contributed by atoms with Gasteiger partial charge >= 0.3 is 12.0 Å².